The topological polar surface area (TPSA) is 44.2 Å². The first-order chi connectivity index (χ1) is 13.9. The Morgan fingerprint density at radius 3 is 2.90 bits per heavy atom. The molecule has 0 N–H and O–H groups in total. The molecule has 0 saturated heterocycles. The average molecular weight is 437 g/mol. The normalized spacial score (nSPS) is 15.9. The second-order valence-electron chi connectivity index (χ2n) is 6.74. The molecule has 1 aliphatic heterocycles. The third-order valence-electron chi connectivity index (χ3n) is 4.67. The van der Waals surface area contributed by atoms with E-state index in [0.29, 0.717) is 38.4 Å². The summed E-state index contributed by atoms with van der Waals surface area (Å²) in [4.78, 5) is 8.86. The van der Waals surface area contributed by atoms with Gasteiger partial charge in [0.15, 0.2) is 11.6 Å². The Bertz CT molecular complexity index is 1280. The molecule has 2 aromatic carbocycles. The predicted molar refractivity (Wildman–Crippen MR) is 106 cm³/mol. The minimum atomic E-state index is -2.95. The maximum Gasteiger partial charge on any atom is 0.387 e. The number of alkyl halides is 2. The van der Waals surface area contributed by atoms with Gasteiger partial charge in [0.2, 0.25) is 0 Å². The van der Waals surface area contributed by atoms with E-state index in [-0.39, 0.29) is 17.6 Å². The van der Waals surface area contributed by atoms with Gasteiger partial charge in [0.1, 0.15) is 16.9 Å². The fraction of sp³-hybridized carbons (Fsp3) is 0.200. The fourth-order valence-electron chi connectivity index (χ4n) is 3.56. The van der Waals surface area contributed by atoms with Crippen LogP contribution in [-0.2, 0) is 6.42 Å². The van der Waals surface area contributed by atoms with Gasteiger partial charge < -0.3 is 9.47 Å². The van der Waals surface area contributed by atoms with E-state index in [9.17, 15) is 13.2 Å². The van der Waals surface area contributed by atoms with E-state index in [1.54, 1.807) is 12.1 Å². The Labute approximate surface area is 171 Å². The van der Waals surface area contributed by atoms with Gasteiger partial charge in [0, 0.05) is 34.0 Å². The zero-order chi connectivity index (χ0) is 20.3. The Morgan fingerprint density at radius 1 is 1.28 bits per heavy atom. The quantitative estimate of drug-likeness (QED) is 0.382. The largest absolute Gasteiger partial charge is 0.487 e. The molecule has 2 aromatic heterocycles. The number of hydrogen-bond donors (Lipinski definition) is 0. The maximum atomic E-state index is 14.4. The van der Waals surface area contributed by atoms with Crippen molar-refractivity contribution in [3.05, 3.63) is 46.9 Å². The molecular weight excluding hydrogens is 425 g/mol. The van der Waals surface area contributed by atoms with Gasteiger partial charge in [0.05, 0.1) is 21.9 Å². The van der Waals surface area contributed by atoms with E-state index >= 15 is 0 Å². The summed E-state index contributed by atoms with van der Waals surface area (Å²) >= 11 is 7.65. The number of rotatable bonds is 3. The first-order valence-corrected chi connectivity index (χ1v) is 9.91. The molecule has 148 valence electrons. The monoisotopic (exact) mass is 436 g/mol. The predicted octanol–water partition coefficient (Wildman–Crippen LogP) is 6.23. The summed E-state index contributed by atoms with van der Waals surface area (Å²) < 4.78 is 50.3. The number of thiazole rings is 1. The zero-order valence-electron chi connectivity index (χ0n) is 14.9. The number of ether oxygens (including phenoxy) is 2. The highest BCUT2D eigenvalue weighted by Gasteiger charge is 2.27. The second kappa shape index (κ2) is 6.74. The molecule has 5 rings (SSSR count). The molecule has 9 heteroatoms. The van der Waals surface area contributed by atoms with Crippen molar-refractivity contribution in [1.29, 1.82) is 0 Å². The van der Waals surface area contributed by atoms with Gasteiger partial charge in [0.25, 0.3) is 0 Å². The molecule has 1 aliphatic rings. The van der Waals surface area contributed by atoms with E-state index in [1.165, 1.54) is 29.7 Å². The van der Waals surface area contributed by atoms with Gasteiger partial charge in [-0.1, -0.05) is 11.6 Å². The van der Waals surface area contributed by atoms with Crippen molar-refractivity contribution in [3.63, 3.8) is 0 Å². The number of halogens is 4. The lowest BCUT2D eigenvalue weighted by Gasteiger charge is -2.08. The molecule has 0 unspecified atom stereocenters. The lowest BCUT2D eigenvalue weighted by atomic mass is 10.1. The molecule has 4 aromatic rings. The Balaban J connectivity index is 1.69. The first-order valence-electron chi connectivity index (χ1n) is 8.72. The SMILES string of the molecule is C[C@H]1Cc2c(c(F)cc3nc(-c4cc(Cl)cc5cc(OC(F)F)cnc45)sc23)O1. The Hall–Kier alpha value is -2.58. The maximum absolute atomic E-state index is 14.4. The van der Waals surface area contributed by atoms with Crippen LogP contribution < -0.4 is 9.47 Å². The van der Waals surface area contributed by atoms with Crippen LogP contribution in [0.2, 0.25) is 5.02 Å². The number of hydrogen-bond acceptors (Lipinski definition) is 5. The van der Waals surface area contributed by atoms with Crippen molar-refractivity contribution >= 4 is 44.1 Å². The van der Waals surface area contributed by atoms with Crippen LogP contribution in [0.25, 0.3) is 31.7 Å². The van der Waals surface area contributed by atoms with Crippen molar-refractivity contribution in [2.75, 3.05) is 0 Å². The van der Waals surface area contributed by atoms with Gasteiger partial charge >= 0.3 is 6.61 Å². The molecule has 0 aliphatic carbocycles. The summed E-state index contributed by atoms with van der Waals surface area (Å²) in [5.74, 6) is -0.212. The van der Waals surface area contributed by atoms with Crippen molar-refractivity contribution in [2.24, 2.45) is 0 Å². The molecule has 0 bridgehead atoms. The van der Waals surface area contributed by atoms with Crippen LogP contribution in [0.4, 0.5) is 13.2 Å². The highest BCUT2D eigenvalue weighted by atomic mass is 35.5. The minimum absolute atomic E-state index is 0.0592. The van der Waals surface area contributed by atoms with Crippen LogP contribution >= 0.6 is 22.9 Å². The molecule has 1 atom stereocenters. The summed E-state index contributed by atoms with van der Waals surface area (Å²) in [7, 11) is 0. The van der Waals surface area contributed by atoms with Crippen molar-refractivity contribution < 1.29 is 22.6 Å². The van der Waals surface area contributed by atoms with Gasteiger partial charge in [-0.2, -0.15) is 8.78 Å². The van der Waals surface area contributed by atoms with Crippen LogP contribution in [0, 0.1) is 5.82 Å². The highest BCUT2D eigenvalue weighted by molar-refractivity contribution is 7.22. The molecule has 29 heavy (non-hydrogen) atoms. The van der Waals surface area contributed by atoms with Crippen molar-refractivity contribution in [3.8, 4) is 22.1 Å². The van der Waals surface area contributed by atoms with Gasteiger partial charge in [-0.3, -0.25) is 4.98 Å². The molecule has 3 heterocycles. The van der Waals surface area contributed by atoms with E-state index in [1.807, 2.05) is 6.92 Å². The number of aromatic nitrogens is 2. The molecular formula is C20H12ClF3N2O2S. The Kier molecular flexibility index (Phi) is 4.29. The number of nitrogens with zero attached hydrogens (tertiary/aromatic N) is 2. The number of benzene rings is 2. The van der Waals surface area contributed by atoms with Crippen molar-refractivity contribution in [1.82, 2.24) is 9.97 Å². The van der Waals surface area contributed by atoms with Crippen LogP contribution in [-0.4, -0.2) is 22.7 Å². The van der Waals surface area contributed by atoms with Gasteiger partial charge in [-0.05, 0) is 25.1 Å². The second-order valence-corrected chi connectivity index (χ2v) is 8.18. The summed E-state index contributed by atoms with van der Waals surface area (Å²) in [6, 6.07) is 6.13. The van der Waals surface area contributed by atoms with Crippen LogP contribution in [0.5, 0.6) is 11.5 Å². The molecule has 0 spiro atoms. The van der Waals surface area contributed by atoms with E-state index in [0.717, 1.165) is 10.3 Å². The zero-order valence-corrected chi connectivity index (χ0v) is 16.5. The van der Waals surface area contributed by atoms with Crippen LogP contribution in [0.3, 0.4) is 0 Å². The lowest BCUT2D eigenvalue weighted by Crippen LogP contribution is -2.05. The van der Waals surface area contributed by atoms with Crippen LogP contribution in [0.15, 0.2) is 30.5 Å². The molecule has 0 amide bonds. The van der Waals surface area contributed by atoms with Gasteiger partial charge in [-0.25, -0.2) is 9.37 Å². The Morgan fingerprint density at radius 2 is 2.10 bits per heavy atom. The molecule has 0 saturated carbocycles. The van der Waals surface area contributed by atoms with Crippen LogP contribution in [0.1, 0.15) is 12.5 Å². The third kappa shape index (κ3) is 3.16. The summed E-state index contributed by atoms with van der Waals surface area (Å²) in [6.07, 6.45) is 1.73. The van der Waals surface area contributed by atoms with E-state index in [4.69, 9.17) is 16.3 Å². The molecule has 0 fully saturated rings. The average Bonchev–Trinajstić information content (AvgIpc) is 3.23. The molecule has 4 nitrogen and oxygen atoms in total. The smallest absolute Gasteiger partial charge is 0.387 e. The minimum Gasteiger partial charge on any atom is -0.487 e. The van der Waals surface area contributed by atoms with E-state index < -0.39 is 12.4 Å². The third-order valence-corrected chi connectivity index (χ3v) is 6.05. The molecule has 0 radical (unpaired) electrons. The number of pyridine rings is 1. The van der Waals surface area contributed by atoms with E-state index in [2.05, 4.69) is 14.7 Å². The number of fused-ring (bicyclic) bond motifs is 4. The highest BCUT2D eigenvalue weighted by Crippen LogP contribution is 2.43. The fourth-order valence-corrected chi connectivity index (χ4v) is 4.90. The lowest BCUT2D eigenvalue weighted by molar-refractivity contribution is -0.0499. The van der Waals surface area contributed by atoms with Crippen molar-refractivity contribution in [2.45, 2.75) is 26.1 Å². The first kappa shape index (κ1) is 18.4. The summed E-state index contributed by atoms with van der Waals surface area (Å²) in [6.45, 7) is -1.06. The summed E-state index contributed by atoms with van der Waals surface area (Å²) in [5.41, 5.74) is 2.52. The standard InChI is InChI=1S/C20H12ClF3N2O2S/c1-8-2-13-17(27-8)14(22)6-15-18(13)29-19(26-15)12-5-10(21)3-9-4-11(28-20(23)24)7-25-16(9)12/h3-8,20H,2H2,1H3/t8-/m0/s1. The summed E-state index contributed by atoms with van der Waals surface area (Å²) in [5, 5.41) is 1.55. The van der Waals surface area contributed by atoms with Gasteiger partial charge in [-0.15, -0.1) is 11.3 Å².